The number of halogens is 2. The first-order chi connectivity index (χ1) is 17.5. The number of carbonyl (C=O) groups excluding carboxylic acids is 2. The number of aryl methyl sites for hydroxylation is 1. The first kappa shape index (κ1) is 29.1. The van der Waals surface area contributed by atoms with E-state index in [-0.39, 0.29) is 24.1 Å². The van der Waals surface area contributed by atoms with Crippen LogP contribution in [0.5, 0.6) is 0 Å². The van der Waals surface area contributed by atoms with Crippen molar-refractivity contribution in [3.8, 4) is 0 Å². The number of amides is 2. The van der Waals surface area contributed by atoms with Crippen LogP contribution in [-0.2, 0) is 28.3 Å². The van der Waals surface area contributed by atoms with Crippen LogP contribution in [0.3, 0.4) is 0 Å². The van der Waals surface area contributed by atoms with Gasteiger partial charge in [0.1, 0.15) is 6.04 Å². The Bertz CT molecular complexity index is 1190. The molecule has 1 N–H and O–H groups in total. The molecule has 0 aliphatic heterocycles. The van der Waals surface area contributed by atoms with Crippen LogP contribution in [0.4, 0.5) is 0 Å². The highest BCUT2D eigenvalue weighted by Gasteiger charge is 2.32. The highest BCUT2D eigenvalue weighted by molar-refractivity contribution is 7.99. The van der Waals surface area contributed by atoms with Crippen LogP contribution in [-0.4, -0.2) is 34.0 Å². The van der Waals surface area contributed by atoms with Gasteiger partial charge in [0.2, 0.25) is 11.8 Å². The number of nitrogens with zero attached hydrogens (tertiary/aromatic N) is 1. The maximum absolute atomic E-state index is 13.8. The van der Waals surface area contributed by atoms with E-state index in [0.717, 1.165) is 11.1 Å². The van der Waals surface area contributed by atoms with E-state index in [9.17, 15) is 9.59 Å². The zero-order valence-corrected chi connectivity index (χ0v) is 24.1. The van der Waals surface area contributed by atoms with E-state index < -0.39 is 11.6 Å². The van der Waals surface area contributed by atoms with Crippen LogP contribution in [0.15, 0.2) is 72.8 Å². The van der Waals surface area contributed by atoms with E-state index in [1.165, 1.54) is 17.3 Å². The third kappa shape index (κ3) is 9.10. The molecule has 196 valence electrons. The second-order valence-corrected chi connectivity index (χ2v) is 11.9. The van der Waals surface area contributed by atoms with E-state index in [1.807, 2.05) is 57.2 Å². The van der Waals surface area contributed by atoms with E-state index >= 15 is 0 Å². The standard InChI is InChI=1S/C30H34Cl2N2O2S/c1-21-10-8-13-23(16-21)19-37-20-28(35)34(18-24-25(31)14-9-15-26(24)32)27(29(36)33-30(2,3)4)17-22-11-6-5-7-12-22/h5-16,27H,17-20H2,1-4H3,(H,33,36)/t27-/m1/s1. The van der Waals surface area contributed by atoms with E-state index in [4.69, 9.17) is 23.2 Å². The van der Waals surface area contributed by atoms with E-state index in [2.05, 4.69) is 30.4 Å². The number of hydrogen-bond acceptors (Lipinski definition) is 3. The Morgan fingerprint density at radius 2 is 1.54 bits per heavy atom. The van der Waals surface area contributed by atoms with Crippen LogP contribution in [0, 0.1) is 6.92 Å². The van der Waals surface area contributed by atoms with Gasteiger partial charge < -0.3 is 10.2 Å². The minimum Gasteiger partial charge on any atom is -0.350 e. The van der Waals surface area contributed by atoms with Gasteiger partial charge in [-0.1, -0.05) is 89.4 Å². The lowest BCUT2D eigenvalue weighted by molar-refractivity contribution is -0.140. The number of nitrogens with one attached hydrogen (secondary N) is 1. The van der Waals surface area contributed by atoms with Crippen molar-refractivity contribution in [2.24, 2.45) is 0 Å². The van der Waals surface area contributed by atoms with Crippen molar-refractivity contribution in [2.45, 2.75) is 58.0 Å². The maximum Gasteiger partial charge on any atom is 0.243 e. The van der Waals surface area contributed by atoms with Crippen molar-refractivity contribution < 1.29 is 9.59 Å². The van der Waals surface area contributed by atoms with Gasteiger partial charge in [-0.3, -0.25) is 9.59 Å². The Morgan fingerprint density at radius 3 is 2.16 bits per heavy atom. The quantitative estimate of drug-likeness (QED) is 0.290. The molecule has 0 unspecified atom stereocenters. The van der Waals surface area contributed by atoms with Gasteiger partial charge in [0.25, 0.3) is 0 Å². The summed E-state index contributed by atoms with van der Waals surface area (Å²) in [7, 11) is 0. The Balaban J connectivity index is 1.92. The summed E-state index contributed by atoms with van der Waals surface area (Å²) in [4.78, 5) is 29.0. The molecule has 0 aromatic heterocycles. The van der Waals surface area contributed by atoms with Gasteiger partial charge in [0.15, 0.2) is 0 Å². The summed E-state index contributed by atoms with van der Waals surface area (Å²) < 4.78 is 0. The SMILES string of the molecule is Cc1cccc(CSCC(=O)N(Cc2c(Cl)cccc2Cl)[C@H](Cc2ccccc2)C(=O)NC(C)(C)C)c1. The molecule has 7 heteroatoms. The average molecular weight is 558 g/mol. The van der Waals surface area contributed by atoms with Crippen molar-refractivity contribution >= 4 is 46.8 Å². The molecule has 0 radical (unpaired) electrons. The molecular formula is C30H34Cl2N2O2S. The van der Waals surface area contributed by atoms with Gasteiger partial charge in [-0.25, -0.2) is 0 Å². The molecule has 3 rings (SSSR count). The summed E-state index contributed by atoms with van der Waals surface area (Å²) in [5.41, 5.74) is 3.48. The first-order valence-corrected chi connectivity index (χ1v) is 14.2. The fourth-order valence-electron chi connectivity index (χ4n) is 4.00. The lowest BCUT2D eigenvalue weighted by Crippen LogP contribution is -2.54. The zero-order valence-electron chi connectivity index (χ0n) is 21.8. The molecule has 0 aliphatic rings. The van der Waals surface area contributed by atoms with Crippen molar-refractivity contribution in [3.05, 3.63) is 105 Å². The smallest absolute Gasteiger partial charge is 0.243 e. The minimum absolute atomic E-state index is 0.136. The minimum atomic E-state index is -0.735. The molecule has 0 aliphatic carbocycles. The Hall–Kier alpha value is -2.47. The highest BCUT2D eigenvalue weighted by Crippen LogP contribution is 2.28. The number of rotatable bonds is 10. The fourth-order valence-corrected chi connectivity index (χ4v) is 5.38. The molecule has 0 saturated carbocycles. The number of hydrogen-bond donors (Lipinski definition) is 1. The van der Waals surface area contributed by atoms with Crippen LogP contribution in [0.25, 0.3) is 0 Å². The molecule has 2 amide bonds. The Labute approximate surface area is 234 Å². The molecule has 3 aromatic carbocycles. The van der Waals surface area contributed by atoms with Crippen molar-refractivity contribution in [1.82, 2.24) is 10.2 Å². The van der Waals surface area contributed by atoms with Gasteiger partial charge in [-0.2, -0.15) is 0 Å². The third-order valence-electron chi connectivity index (χ3n) is 5.74. The molecule has 4 nitrogen and oxygen atoms in total. The van der Waals surface area contributed by atoms with Crippen molar-refractivity contribution in [3.63, 3.8) is 0 Å². The Morgan fingerprint density at radius 1 is 0.919 bits per heavy atom. The summed E-state index contributed by atoms with van der Waals surface area (Å²) in [5.74, 6) is 0.575. The Kier molecular flexibility index (Phi) is 10.5. The highest BCUT2D eigenvalue weighted by atomic mass is 35.5. The van der Waals surface area contributed by atoms with Gasteiger partial charge in [-0.05, 0) is 51.0 Å². The molecule has 37 heavy (non-hydrogen) atoms. The number of thioether (sulfide) groups is 1. The molecule has 0 bridgehead atoms. The molecule has 3 aromatic rings. The summed E-state index contributed by atoms with van der Waals surface area (Å²) in [6.45, 7) is 7.98. The second kappa shape index (κ2) is 13.4. The topological polar surface area (TPSA) is 49.4 Å². The number of carbonyl (C=O) groups is 2. The predicted octanol–water partition coefficient (Wildman–Crippen LogP) is 7.09. The lowest BCUT2D eigenvalue weighted by atomic mass is 10.0. The molecule has 0 heterocycles. The first-order valence-electron chi connectivity index (χ1n) is 12.2. The van der Waals surface area contributed by atoms with Gasteiger partial charge in [-0.15, -0.1) is 11.8 Å². The fraction of sp³-hybridized carbons (Fsp3) is 0.333. The lowest BCUT2D eigenvalue weighted by Gasteiger charge is -2.34. The van der Waals surface area contributed by atoms with E-state index in [1.54, 1.807) is 23.1 Å². The van der Waals surface area contributed by atoms with Crippen LogP contribution in [0.2, 0.25) is 10.0 Å². The second-order valence-electron chi connectivity index (χ2n) is 10.1. The monoisotopic (exact) mass is 556 g/mol. The van der Waals surface area contributed by atoms with Gasteiger partial charge in [0, 0.05) is 39.9 Å². The van der Waals surface area contributed by atoms with Crippen LogP contribution in [0.1, 0.15) is 43.0 Å². The predicted molar refractivity (Wildman–Crippen MR) is 156 cm³/mol. The summed E-state index contributed by atoms with van der Waals surface area (Å²) in [6.07, 6.45) is 0.374. The summed E-state index contributed by atoms with van der Waals surface area (Å²) >= 11 is 14.5. The van der Waals surface area contributed by atoms with E-state index in [0.29, 0.717) is 27.8 Å². The molecule has 0 spiro atoms. The van der Waals surface area contributed by atoms with Gasteiger partial charge in [0.05, 0.1) is 5.75 Å². The van der Waals surface area contributed by atoms with Crippen LogP contribution >= 0.6 is 35.0 Å². The zero-order chi connectivity index (χ0) is 27.0. The van der Waals surface area contributed by atoms with Gasteiger partial charge >= 0.3 is 0 Å². The average Bonchev–Trinajstić information content (AvgIpc) is 2.82. The molecule has 1 atom stereocenters. The normalized spacial score (nSPS) is 12.2. The molecule has 0 saturated heterocycles. The van der Waals surface area contributed by atoms with Crippen LogP contribution < -0.4 is 5.32 Å². The van der Waals surface area contributed by atoms with Crippen molar-refractivity contribution in [1.29, 1.82) is 0 Å². The summed E-state index contributed by atoms with van der Waals surface area (Å²) in [5, 5.41) is 4.00. The largest absolute Gasteiger partial charge is 0.350 e. The number of benzene rings is 3. The molecular weight excluding hydrogens is 523 g/mol. The molecule has 0 fully saturated rings. The summed E-state index contributed by atoms with van der Waals surface area (Å²) in [6, 6.07) is 22.5. The third-order valence-corrected chi connectivity index (χ3v) is 7.43. The van der Waals surface area contributed by atoms with Crippen molar-refractivity contribution in [2.75, 3.05) is 5.75 Å². The maximum atomic E-state index is 13.8.